The van der Waals surface area contributed by atoms with E-state index in [1.165, 1.54) is 0 Å². The minimum Gasteiger partial charge on any atom is -0.394 e. The number of rotatable bonds is 6. The molecule has 1 fully saturated rings. The van der Waals surface area contributed by atoms with Crippen molar-refractivity contribution in [2.75, 3.05) is 19.7 Å². The molecule has 0 bridgehead atoms. The van der Waals surface area contributed by atoms with Crippen LogP contribution < -0.4 is 0 Å². The van der Waals surface area contributed by atoms with Gasteiger partial charge in [0.1, 0.15) is 24.6 Å². The standard InChI is InChI=1S/C10H19NO5/c12-5-7(11-3-1-2-4-11)9(15)10(16)8(14)6-13/h5,7-10,13-16H,1-4,6H2/t7-,8+,9+,10+/m0/s1. The summed E-state index contributed by atoms with van der Waals surface area (Å²) >= 11 is 0. The van der Waals surface area contributed by atoms with Gasteiger partial charge in [-0.1, -0.05) is 0 Å². The molecule has 0 saturated carbocycles. The average Bonchev–Trinajstić information content (AvgIpc) is 2.81. The highest BCUT2D eigenvalue weighted by molar-refractivity contribution is 5.59. The molecule has 0 radical (unpaired) electrons. The number of carbonyl (C=O) groups is 1. The summed E-state index contributed by atoms with van der Waals surface area (Å²) in [6, 6.07) is -0.821. The molecule has 6 heteroatoms. The third-order valence-electron chi connectivity index (χ3n) is 2.98. The van der Waals surface area contributed by atoms with E-state index >= 15 is 0 Å². The molecule has 94 valence electrons. The van der Waals surface area contributed by atoms with Crippen molar-refractivity contribution >= 4 is 6.29 Å². The number of aliphatic hydroxyl groups is 4. The van der Waals surface area contributed by atoms with Gasteiger partial charge >= 0.3 is 0 Å². The Labute approximate surface area is 94.1 Å². The molecule has 1 rings (SSSR count). The first-order chi connectivity index (χ1) is 7.61. The Balaban J connectivity index is 2.60. The summed E-state index contributed by atoms with van der Waals surface area (Å²) in [5, 5.41) is 37.1. The van der Waals surface area contributed by atoms with Crippen LogP contribution in [0.3, 0.4) is 0 Å². The van der Waals surface area contributed by atoms with Crippen LogP contribution in [-0.4, -0.2) is 75.7 Å². The van der Waals surface area contributed by atoms with Gasteiger partial charge in [-0.15, -0.1) is 0 Å². The van der Waals surface area contributed by atoms with Gasteiger partial charge in [0.05, 0.1) is 12.6 Å². The maximum Gasteiger partial charge on any atom is 0.139 e. The maximum absolute atomic E-state index is 10.9. The van der Waals surface area contributed by atoms with Crippen molar-refractivity contribution in [2.24, 2.45) is 0 Å². The lowest BCUT2D eigenvalue weighted by Gasteiger charge is -2.31. The molecule has 0 aromatic rings. The molecular weight excluding hydrogens is 214 g/mol. The summed E-state index contributed by atoms with van der Waals surface area (Å²) < 4.78 is 0. The van der Waals surface area contributed by atoms with Crippen LogP contribution in [0.25, 0.3) is 0 Å². The number of hydrogen-bond acceptors (Lipinski definition) is 6. The van der Waals surface area contributed by atoms with Crippen LogP contribution in [0.4, 0.5) is 0 Å². The third-order valence-corrected chi connectivity index (χ3v) is 2.98. The topological polar surface area (TPSA) is 101 Å². The van der Waals surface area contributed by atoms with Gasteiger partial charge in [-0.3, -0.25) is 4.90 Å². The van der Waals surface area contributed by atoms with Crippen LogP contribution in [0, 0.1) is 0 Å². The summed E-state index contributed by atoms with van der Waals surface area (Å²) in [7, 11) is 0. The molecule has 4 atom stereocenters. The van der Waals surface area contributed by atoms with E-state index in [4.69, 9.17) is 5.11 Å². The molecule has 1 aliphatic rings. The predicted molar refractivity (Wildman–Crippen MR) is 55.8 cm³/mol. The molecule has 0 amide bonds. The zero-order chi connectivity index (χ0) is 12.1. The van der Waals surface area contributed by atoms with E-state index in [-0.39, 0.29) is 0 Å². The van der Waals surface area contributed by atoms with E-state index in [1.807, 2.05) is 0 Å². The molecule has 0 aromatic carbocycles. The van der Waals surface area contributed by atoms with Gasteiger partial charge in [0.2, 0.25) is 0 Å². The predicted octanol–water partition coefficient (Wildman–Crippen LogP) is -2.28. The number of likely N-dealkylation sites (tertiary alicyclic amines) is 1. The first-order valence-corrected chi connectivity index (χ1v) is 5.46. The SMILES string of the molecule is O=C[C@@H]([C@@H](O)[C@H](O)[C@H](O)CO)N1CCCC1. The van der Waals surface area contributed by atoms with Crippen LogP contribution in [0.15, 0.2) is 0 Å². The molecule has 0 aliphatic carbocycles. The smallest absolute Gasteiger partial charge is 0.139 e. The highest BCUT2D eigenvalue weighted by Crippen LogP contribution is 2.16. The number of aliphatic hydroxyl groups excluding tert-OH is 4. The highest BCUT2D eigenvalue weighted by Gasteiger charge is 2.35. The fraction of sp³-hybridized carbons (Fsp3) is 0.900. The average molecular weight is 233 g/mol. The van der Waals surface area contributed by atoms with E-state index in [0.717, 1.165) is 12.8 Å². The van der Waals surface area contributed by atoms with Crippen LogP contribution in [0.1, 0.15) is 12.8 Å². The molecule has 1 saturated heterocycles. The van der Waals surface area contributed by atoms with Crippen LogP contribution >= 0.6 is 0 Å². The van der Waals surface area contributed by atoms with Gasteiger partial charge in [-0.05, 0) is 25.9 Å². The van der Waals surface area contributed by atoms with Gasteiger partial charge in [-0.2, -0.15) is 0 Å². The number of aldehydes is 1. The molecule has 4 N–H and O–H groups in total. The second kappa shape index (κ2) is 6.27. The molecule has 0 unspecified atom stereocenters. The molecule has 1 heterocycles. The Morgan fingerprint density at radius 1 is 1.12 bits per heavy atom. The zero-order valence-corrected chi connectivity index (χ0v) is 9.07. The van der Waals surface area contributed by atoms with Gasteiger partial charge in [0.25, 0.3) is 0 Å². The lowest BCUT2D eigenvalue weighted by atomic mass is 10.0. The Hall–Kier alpha value is -0.530. The van der Waals surface area contributed by atoms with Crippen molar-refractivity contribution in [1.82, 2.24) is 4.90 Å². The normalized spacial score (nSPS) is 25.0. The van der Waals surface area contributed by atoms with Crippen molar-refractivity contribution in [2.45, 2.75) is 37.2 Å². The zero-order valence-electron chi connectivity index (χ0n) is 9.07. The largest absolute Gasteiger partial charge is 0.394 e. The first-order valence-electron chi connectivity index (χ1n) is 5.46. The van der Waals surface area contributed by atoms with Crippen LogP contribution in [-0.2, 0) is 4.79 Å². The Morgan fingerprint density at radius 2 is 1.69 bits per heavy atom. The van der Waals surface area contributed by atoms with E-state index in [1.54, 1.807) is 4.90 Å². The molecule has 16 heavy (non-hydrogen) atoms. The molecule has 0 aromatic heterocycles. The summed E-state index contributed by atoms with van der Waals surface area (Å²) in [4.78, 5) is 12.7. The van der Waals surface area contributed by atoms with Crippen molar-refractivity contribution in [3.63, 3.8) is 0 Å². The molecular formula is C10H19NO5. The van der Waals surface area contributed by atoms with Crippen LogP contribution in [0.2, 0.25) is 0 Å². The van der Waals surface area contributed by atoms with Crippen LogP contribution in [0.5, 0.6) is 0 Å². The van der Waals surface area contributed by atoms with E-state index in [2.05, 4.69) is 0 Å². The summed E-state index contributed by atoms with van der Waals surface area (Å²) in [6.45, 7) is 0.745. The Morgan fingerprint density at radius 3 is 2.12 bits per heavy atom. The van der Waals surface area contributed by atoms with Gasteiger partial charge in [0.15, 0.2) is 0 Å². The summed E-state index contributed by atoms with van der Waals surface area (Å²) in [5.74, 6) is 0. The lowest BCUT2D eigenvalue weighted by Crippen LogP contribution is -2.52. The van der Waals surface area contributed by atoms with Crippen molar-refractivity contribution in [1.29, 1.82) is 0 Å². The highest BCUT2D eigenvalue weighted by atomic mass is 16.4. The minimum atomic E-state index is -1.51. The Kier molecular flexibility index (Phi) is 5.30. The number of hydrogen-bond donors (Lipinski definition) is 4. The number of nitrogens with zero attached hydrogens (tertiary/aromatic N) is 1. The maximum atomic E-state index is 10.9. The lowest BCUT2D eigenvalue weighted by molar-refractivity contribution is -0.128. The summed E-state index contributed by atoms with van der Waals surface area (Å²) in [6.07, 6.45) is -1.84. The minimum absolute atomic E-state index is 0.573. The van der Waals surface area contributed by atoms with Gasteiger partial charge in [-0.25, -0.2) is 0 Å². The quantitative estimate of drug-likeness (QED) is 0.386. The summed E-state index contributed by atoms with van der Waals surface area (Å²) in [5.41, 5.74) is 0. The first kappa shape index (κ1) is 13.5. The van der Waals surface area contributed by atoms with Crippen molar-refractivity contribution in [3.05, 3.63) is 0 Å². The second-order valence-electron chi connectivity index (χ2n) is 4.10. The molecule has 0 spiro atoms. The third kappa shape index (κ3) is 2.99. The van der Waals surface area contributed by atoms with E-state index in [0.29, 0.717) is 19.4 Å². The fourth-order valence-corrected chi connectivity index (χ4v) is 1.96. The van der Waals surface area contributed by atoms with E-state index in [9.17, 15) is 20.1 Å². The molecule has 1 aliphatic heterocycles. The molecule has 6 nitrogen and oxygen atoms in total. The second-order valence-corrected chi connectivity index (χ2v) is 4.10. The van der Waals surface area contributed by atoms with Crippen molar-refractivity contribution < 1.29 is 25.2 Å². The monoisotopic (exact) mass is 233 g/mol. The van der Waals surface area contributed by atoms with Gasteiger partial charge < -0.3 is 25.2 Å². The van der Waals surface area contributed by atoms with Crippen molar-refractivity contribution in [3.8, 4) is 0 Å². The number of carbonyl (C=O) groups excluding carboxylic acids is 1. The fourth-order valence-electron chi connectivity index (χ4n) is 1.96. The van der Waals surface area contributed by atoms with Gasteiger partial charge in [0, 0.05) is 0 Å². The van der Waals surface area contributed by atoms with E-state index < -0.39 is 31.0 Å². The Bertz CT molecular complexity index is 219.